The quantitative estimate of drug-likeness (QED) is 0.730. The lowest BCUT2D eigenvalue weighted by atomic mass is 10.2. The van der Waals surface area contributed by atoms with Crippen molar-refractivity contribution < 1.29 is 0 Å². The Bertz CT molecular complexity index is 831. The van der Waals surface area contributed by atoms with Gasteiger partial charge in [-0.25, -0.2) is 4.98 Å². The molecule has 3 aromatic rings. The molecule has 1 atom stereocenters. The van der Waals surface area contributed by atoms with Crippen LogP contribution >= 0.6 is 0 Å². The van der Waals surface area contributed by atoms with Gasteiger partial charge < -0.3 is 5.32 Å². The highest BCUT2D eigenvalue weighted by Crippen LogP contribution is 2.51. The molecular formula is C18H14N4. The summed E-state index contributed by atoms with van der Waals surface area (Å²) in [6.45, 7) is 0. The van der Waals surface area contributed by atoms with Crippen molar-refractivity contribution in [1.29, 1.82) is 0 Å². The molecule has 22 heavy (non-hydrogen) atoms. The van der Waals surface area contributed by atoms with Crippen molar-refractivity contribution in [2.24, 2.45) is 0 Å². The van der Waals surface area contributed by atoms with Gasteiger partial charge in [-0.3, -0.25) is 9.80 Å². The Labute approximate surface area is 128 Å². The monoisotopic (exact) mass is 286 g/mol. The summed E-state index contributed by atoms with van der Waals surface area (Å²) in [5, 5.41) is 3.60. The van der Waals surface area contributed by atoms with Gasteiger partial charge in [0.2, 0.25) is 0 Å². The zero-order valence-corrected chi connectivity index (χ0v) is 11.8. The molecule has 0 spiro atoms. The lowest BCUT2D eigenvalue weighted by Gasteiger charge is -2.27. The molecule has 3 heterocycles. The van der Waals surface area contributed by atoms with Crippen LogP contribution in [0.3, 0.4) is 0 Å². The molecule has 1 unspecified atom stereocenters. The van der Waals surface area contributed by atoms with Gasteiger partial charge in [0.25, 0.3) is 0 Å². The number of hydrogen-bond donors (Lipinski definition) is 1. The second-order valence-electron chi connectivity index (χ2n) is 5.46. The molecular weight excluding hydrogens is 272 g/mol. The van der Waals surface area contributed by atoms with Gasteiger partial charge in [0, 0.05) is 11.9 Å². The van der Waals surface area contributed by atoms with Gasteiger partial charge in [0.15, 0.2) is 12.1 Å². The molecule has 0 bridgehead atoms. The smallest absolute Gasteiger partial charge is 0.188 e. The fourth-order valence-electron chi connectivity index (χ4n) is 3.31. The van der Waals surface area contributed by atoms with Crippen molar-refractivity contribution >= 4 is 28.6 Å². The normalized spacial score (nSPS) is 17.7. The number of rotatable bonds is 1. The highest BCUT2D eigenvalue weighted by atomic mass is 15.5. The first-order valence-electron chi connectivity index (χ1n) is 7.37. The lowest BCUT2D eigenvalue weighted by Crippen LogP contribution is -2.40. The third-order valence-electron chi connectivity index (χ3n) is 4.23. The number of aromatic nitrogens is 1. The van der Waals surface area contributed by atoms with Crippen LogP contribution in [0.1, 0.15) is 0 Å². The van der Waals surface area contributed by atoms with E-state index in [0.717, 1.165) is 22.9 Å². The number of benzene rings is 2. The first-order valence-corrected chi connectivity index (χ1v) is 7.37. The van der Waals surface area contributed by atoms with Gasteiger partial charge in [0.05, 0.1) is 17.1 Å². The van der Waals surface area contributed by atoms with E-state index in [9.17, 15) is 0 Å². The third kappa shape index (κ3) is 1.44. The van der Waals surface area contributed by atoms with Gasteiger partial charge in [-0.15, -0.1) is 0 Å². The molecule has 4 heteroatoms. The zero-order chi connectivity index (χ0) is 14.5. The number of pyridine rings is 1. The van der Waals surface area contributed by atoms with E-state index in [-0.39, 0.29) is 6.29 Å². The molecule has 0 aliphatic carbocycles. The van der Waals surface area contributed by atoms with Crippen LogP contribution in [0.5, 0.6) is 0 Å². The SMILES string of the molecule is c1ccc(N2c3cccnc3N3c4ccccc4NC23)cc1. The predicted octanol–water partition coefficient (Wildman–Crippen LogP) is 4.08. The van der Waals surface area contributed by atoms with Gasteiger partial charge in [-0.2, -0.15) is 0 Å². The summed E-state index contributed by atoms with van der Waals surface area (Å²) >= 11 is 0. The first kappa shape index (κ1) is 11.6. The topological polar surface area (TPSA) is 31.4 Å². The fraction of sp³-hybridized carbons (Fsp3) is 0.0556. The second kappa shape index (κ2) is 4.24. The largest absolute Gasteiger partial charge is 0.346 e. The summed E-state index contributed by atoms with van der Waals surface area (Å²) in [5.41, 5.74) is 4.60. The average Bonchev–Trinajstić information content (AvgIpc) is 3.10. The van der Waals surface area contributed by atoms with Crippen molar-refractivity contribution in [2.75, 3.05) is 15.1 Å². The molecule has 2 aromatic carbocycles. The van der Waals surface area contributed by atoms with Gasteiger partial charge in [-0.05, 0) is 36.4 Å². The Morgan fingerprint density at radius 2 is 1.55 bits per heavy atom. The molecule has 0 fully saturated rings. The summed E-state index contributed by atoms with van der Waals surface area (Å²) < 4.78 is 0. The van der Waals surface area contributed by atoms with Crippen molar-refractivity contribution in [3.63, 3.8) is 0 Å². The summed E-state index contributed by atoms with van der Waals surface area (Å²) in [4.78, 5) is 9.18. The molecule has 0 saturated carbocycles. The van der Waals surface area contributed by atoms with Crippen LogP contribution in [0, 0.1) is 0 Å². The van der Waals surface area contributed by atoms with Crippen LogP contribution in [-0.2, 0) is 0 Å². The van der Waals surface area contributed by atoms with E-state index in [1.54, 1.807) is 0 Å². The van der Waals surface area contributed by atoms with Crippen LogP contribution < -0.4 is 15.1 Å². The van der Waals surface area contributed by atoms with E-state index in [4.69, 9.17) is 0 Å². The number of nitrogens with one attached hydrogen (secondary N) is 1. The van der Waals surface area contributed by atoms with Gasteiger partial charge >= 0.3 is 0 Å². The van der Waals surface area contributed by atoms with Crippen LogP contribution in [0.25, 0.3) is 0 Å². The van der Waals surface area contributed by atoms with Crippen molar-refractivity contribution in [1.82, 2.24) is 4.98 Å². The fourth-order valence-corrected chi connectivity index (χ4v) is 3.31. The van der Waals surface area contributed by atoms with Crippen molar-refractivity contribution in [3.8, 4) is 0 Å². The Balaban J connectivity index is 1.73. The van der Waals surface area contributed by atoms with E-state index < -0.39 is 0 Å². The predicted molar refractivity (Wildman–Crippen MR) is 88.8 cm³/mol. The van der Waals surface area contributed by atoms with Gasteiger partial charge in [0.1, 0.15) is 0 Å². The van der Waals surface area contributed by atoms with E-state index >= 15 is 0 Å². The van der Waals surface area contributed by atoms with Crippen LogP contribution in [0.4, 0.5) is 28.6 Å². The van der Waals surface area contributed by atoms with Crippen LogP contribution in [0.2, 0.25) is 0 Å². The Hall–Kier alpha value is -3.01. The summed E-state index contributed by atoms with van der Waals surface area (Å²) in [5.74, 6) is 0.994. The standard InChI is InChI=1S/C18H14N4/c1-2-7-13(8-3-1)21-16-11-6-12-19-17(16)22-15-10-5-4-9-14(15)20-18(21)22/h1-12,18,20H. The Kier molecular flexibility index (Phi) is 2.24. The summed E-state index contributed by atoms with van der Waals surface area (Å²) in [6.07, 6.45) is 1.88. The molecule has 0 radical (unpaired) electrons. The maximum absolute atomic E-state index is 4.62. The highest BCUT2D eigenvalue weighted by Gasteiger charge is 2.43. The molecule has 106 valence electrons. The van der Waals surface area contributed by atoms with E-state index in [1.807, 2.05) is 18.3 Å². The molecule has 1 N–H and O–H groups in total. The minimum atomic E-state index is 0.0321. The number of para-hydroxylation sites is 3. The summed E-state index contributed by atoms with van der Waals surface area (Å²) in [6, 6.07) is 22.9. The van der Waals surface area contributed by atoms with Crippen LogP contribution in [0.15, 0.2) is 72.9 Å². The molecule has 4 nitrogen and oxygen atoms in total. The lowest BCUT2D eigenvalue weighted by molar-refractivity contribution is 0.804. The van der Waals surface area contributed by atoms with Crippen molar-refractivity contribution in [3.05, 3.63) is 72.9 Å². The van der Waals surface area contributed by atoms with Crippen molar-refractivity contribution in [2.45, 2.75) is 6.29 Å². The highest BCUT2D eigenvalue weighted by molar-refractivity contribution is 5.93. The number of hydrogen-bond acceptors (Lipinski definition) is 4. The number of anilines is 5. The molecule has 5 rings (SSSR count). The third-order valence-corrected chi connectivity index (χ3v) is 4.23. The van der Waals surface area contributed by atoms with E-state index in [1.165, 1.54) is 5.69 Å². The second-order valence-corrected chi connectivity index (χ2v) is 5.46. The maximum atomic E-state index is 4.62. The summed E-state index contributed by atoms with van der Waals surface area (Å²) in [7, 11) is 0. The number of fused-ring (bicyclic) bond motifs is 5. The first-order chi connectivity index (χ1) is 10.9. The number of nitrogens with zero attached hydrogens (tertiary/aromatic N) is 3. The molecule has 2 aliphatic rings. The minimum Gasteiger partial charge on any atom is -0.346 e. The van der Waals surface area contributed by atoms with E-state index in [0.29, 0.717) is 0 Å². The maximum Gasteiger partial charge on any atom is 0.188 e. The Morgan fingerprint density at radius 1 is 0.773 bits per heavy atom. The molecule has 2 aliphatic heterocycles. The van der Waals surface area contributed by atoms with E-state index in [2.05, 4.69) is 74.7 Å². The van der Waals surface area contributed by atoms with Gasteiger partial charge in [-0.1, -0.05) is 30.3 Å². The molecule has 0 saturated heterocycles. The molecule has 0 amide bonds. The zero-order valence-electron chi connectivity index (χ0n) is 11.8. The van der Waals surface area contributed by atoms with Crippen LogP contribution in [-0.4, -0.2) is 11.3 Å². The minimum absolute atomic E-state index is 0.0321. The average molecular weight is 286 g/mol. The molecule has 1 aromatic heterocycles. The Morgan fingerprint density at radius 3 is 2.45 bits per heavy atom.